The summed E-state index contributed by atoms with van der Waals surface area (Å²) in [7, 11) is 0. The number of imidazole rings is 1. The number of anilines is 1. The van der Waals surface area contributed by atoms with E-state index in [2.05, 4.69) is 24.1 Å². The zero-order valence-corrected chi connectivity index (χ0v) is 13.9. The third-order valence-corrected chi connectivity index (χ3v) is 4.03. The quantitative estimate of drug-likeness (QED) is 0.757. The first-order chi connectivity index (χ1) is 11.6. The molecule has 24 heavy (non-hydrogen) atoms. The van der Waals surface area contributed by atoms with Crippen LogP contribution in [0.4, 0.5) is 5.69 Å². The standard InChI is InChI=1S/C19H21N3O2/c1-13(2)14-7-3-4-8-15(14)21-19(24)11-22-17-10-6-5-9-16(17)20-18(22)12-23/h3-10,13,23H,11-12H2,1-2H3,(H,21,24). The van der Waals surface area contributed by atoms with E-state index in [1.54, 1.807) is 4.57 Å². The lowest BCUT2D eigenvalue weighted by molar-refractivity contribution is -0.116. The van der Waals surface area contributed by atoms with E-state index < -0.39 is 0 Å². The van der Waals surface area contributed by atoms with E-state index in [9.17, 15) is 9.90 Å². The highest BCUT2D eigenvalue weighted by molar-refractivity contribution is 5.92. The van der Waals surface area contributed by atoms with Gasteiger partial charge in [-0.2, -0.15) is 0 Å². The molecule has 0 spiro atoms. The average Bonchev–Trinajstić information content (AvgIpc) is 2.93. The molecule has 1 heterocycles. The number of aromatic nitrogens is 2. The number of hydrogen-bond acceptors (Lipinski definition) is 3. The highest BCUT2D eigenvalue weighted by Gasteiger charge is 2.14. The first-order valence-electron chi connectivity index (χ1n) is 8.04. The van der Waals surface area contributed by atoms with Crippen molar-refractivity contribution in [2.24, 2.45) is 0 Å². The van der Waals surface area contributed by atoms with Crippen molar-refractivity contribution in [3.05, 3.63) is 59.9 Å². The summed E-state index contributed by atoms with van der Waals surface area (Å²) in [5.74, 6) is 0.674. The summed E-state index contributed by atoms with van der Waals surface area (Å²) in [6, 6.07) is 15.4. The number of rotatable bonds is 5. The Kier molecular flexibility index (Phi) is 4.62. The van der Waals surface area contributed by atoms with E-state index in [1.165, 1.54) is 0 Å². The second-order valence-electron chi connectivity index (χ2n) is 6.05. The Hall–Kier alpha value is -2.66. The number of nitrogens with zero attached hydrogens (tertiary/aromatic N) is 2. The molecule has 0 atom stereocenters. The minimum atomic E-state index is -0.204. The first kappa shape index (κ1) is 16.2. The van der Waals surface area contributed by atoms with Crippen LogP contribution in [0.2, 0.25) is 0 Å². The normalized spacial score (nSPS) is 11.2. The first-order valence-corrected chi connectivity index (χ1v) is 8.04. The second kappa shape index (κ2) is 6.84. The Labute approximate surface area is 141 Å². The Bertz CT molecular complexity index is 868. The summed E-state index contributed by atoms with van der Waals surface area (Å²) in [5, 5.41) is 12.5. The zero-order valence-electron chi connectivity index (χ0n) is 13.9. The van der Waals surface area contributed by atoms with Gasteiger partial charge in [0.1, 0.15) is 19.0 Å². The van der Waals surface area contributed by atoms with E-state index in [4.69, 9.17) is 0 Å². The molecule has 2 N–H and O–H groups in total. The van der Waals surface area contributed by atoms with E-state index in [-0.39, 0.29) is 19.1 Å². The molecular weight excluding hydrogens is 302 g/mol. The fraction of sp³-hybridized carbons (Fsp3) is 0.263. The van der Waals surface area contributed by atoms with Crippen molar-refractivity contribution in [1.82, 2.24) is 9.55 Å². The summed E-state index contributed by atoms with van der Waals surface area (Å²) in [5.41, 5.74) is 3.54. The molecule has 0 bridgehead atoms. The number of para-hydroxylation sites is 3. The molecule has 0 aliphatic carbocycles. The van der Waals surface area contributed by atoms with E-state index in [0.29, 0.717) is 11.7 Å². The van der Waals surface area contributed by atoms with Crippen molar-refractivity contribution in [3.63, 3.8) is 0 Å². The number of carbonyl (C=O) groups is 1. The lowest BCUT2D eigenvalue weighted by Gasteiger charge is -2.14. The number of fused-ring (bicyclic) bond motifs is 1. The van der Waals surface area contributed by atoms with E-state index in [1.807, 2.05) is 48.5 Å². The average molecular weight is 323 g/mol. The predicted octanol–water partition coefficient (Wildman–Crippen LogP) is 3.29. The predicted molar refractivity (Wildman–Crippen MR) is 94.8 cm³/mol. The summed E-state index contributed by atoms with van der Waals surface area (Å²) >= 11 is 0. The summed E-state index contributed by atoms with van der Waals surface area (Å²) in [6.45, 7) is 4.10. The van der Waals surface area contributed by atoms with Crippen molar-refractivity contribution in [3.8, 4) is 0 Å². The molecule has 0 saturated carbocycles. The van der Waals surface area contributed by atoms with Gasteiger partial charge < -0.3 is 15.0 Å². The van der Waals surface area contributed by atoms with Gasteiger partial charge in [-0.05, 0) is 29.7 Å². The van der Waals surface area contributed by atoms with Gasteiger partial charge in [-0.1, -0.05) is 44.2 Å². The number of nitrogens with one attached hydrogen (secondary N) is 1. The van der Waals surface area contributed by atoms with Gasteiger partial charge in [-0.15, -0.1) is 0 Å². The maximum atomic E-state index is 12.5. The minimum Gasteiger partial charge on any atom is -0.388 e. The van der Waals surface area contributed by atoms with Crippen LogP contribution < -0.4 is 5.32 Å². The molecule has 0 aliphatic rings. The van der Waals surface area contributed by atoms with Crippen LogP contribution in [-0.2, 0) is 17.9 Å². The van der Waals surface area contributed by atoms with Crippen LogP contribution in [0.1, 0.15) is 31.2 Å². The smallest absolute Gasteiger partial charge is 0.244 e. The molecule has 2 aromatic carbocycles. The summed E-state index contributed by atoms with van der Waals surface area (Å²) in [6.07, 6.45) is 0. The van der Waals surface area contributed by atoms with Gasteiger partial charge in [0.2, 0.25) is 5.91 Å². The molecular formula is C19H21N3O2. The van der Waals surface area contributed by atoms with Crippen molar-refractivity contribution in [2.45, 2.75) is 32.9 Å². The zero-order chi connectivity index (χ0) is 17.1. The fourth-order valence-electron chi connectivity index (χ4n) is 2.87. The maximum absolute atomic E-state index is 12.5. The molecule has 0 saturated heterocycles. The molecule has 1 aromatic heterocycles. The summed E-state index contributed by atoms with van der Waals surface area (Å²) < 4.78 is 1.75. The second-order valence-corrected chi connectivity index (χ2v) is 6.05. The van der Waals surface area contributed by atoms with Crippen LogP contribution in [0.25, 0.3) is 11.0 Å². The lowest BCUT2D eigenvalue weighted by Crippen LogP contribution is -2.21. The van der Waals surface area contributed by atoms with Crippen molar-refractivity contribution in [2.75, 3.05) is 5.32 Å². The SMILES string of the molecule is CC(C)c1ccccc1NC(=O)Cn1c(CO)nc2ccccc21. The third kappa shape index (κ3) is 3.16. The molecule has 1 amide bonds. The molecule has 0 radical (unpaired) electrons. The Morgan fingerprint density at radius 2 is 1.88 bits per heavy atom. The molecule has 0 aliphatic heterocycles. The number of amides is 1. The number of hydrogen-bond donors (Lipinski definition) is 2. The van der Waals surface area contributed by atoms with Gasteiger partial charge in [-0.25, -0.2) is 4.98 Å². The monoisotopic (exact) mass is 323 g/mol. The lowest BCUT2D eigenvalue weighted by atomic mass is 10.0. The largest absolute Gasteiger partial charge is 0.388 e. The van der Waals surface area contributed by atoms with Crippen LogP contribution in [0.15, 0.2) is 48.5 Å². The van der Waals surface area contributed by atoms with Crippen molar-refractivity contribution < 1.29 is 9.90 Å². The topological polar surface area (TPSA) is 67.2 Å². The minimum absolute atomic E-state index is 0.114. The summed E-state index contributed by atoms with van der Waals surface area (Å²) in [4.78, 5) is 16.9. The van der Waals surface area contributed by atoms with E-state index >= 15 is 0 Å². The van der Waals surface area contributed by atoms with E-state index in [0.717, 1.165) is 22.3 Å². The van der Waals surface area contributed by atoms with Crippen LogP contribution in [0.3, 0.4) is 0 Å². The molecule has 124 valence electrons. The van der Waals surface area contributed by atoms with Gasteiger partial charge in [0.05, 0.1) is 11.0 Å². The molecule has 0 unspecified atom stereocenters. The van der Waals surface area contributed by atoms with Crippen molar-refractivity contribution in [1.29, 1.82) is 0 Å². The molecule has 3 rings (SSSR count). The number of carbonyl (C=O) groups excluding carboxylic acids is 1. The maximum Gasteiger partial charge on any atom is 0.244 e. The number of benzene rings is 2. The van der Waals surface area contributed by atoms with Crippen LogP contribution in [-0.4, -0.2) is 20.6 Å². The van der Waals surface area contributed by atoms with Gasteiger partial charge in [0, 0.05) is 5.69 Å². The number of aliphatic hydroxyl groups is 1. The highest BCUT2D eigenvalue weighted by Crippen LogP contribution is 2.24. The van der Waals surface area contributed by atoms with Crippen LogP contribution in [0.5, 0.6) is 0 Å². The molecule has 5 heteroatoms. The van der Waals surface area contributed by atoms with Gasteiger partial charge in [0.15, 0.2) is 0 Å². The highest BCUT2D eigenvalue weighted by atomic mass is 16.3. The van der Waals surface area contributed by atoms with Gasteiger partial charge in [-0.3, -0.25) is 4.79 Å². The molecule has 3 aromatic rings. The third-order valence-electron chi connectivity index (χ3n) is 4.03. The Morgan fingerprint density at radius 1 is 1.17 bits per heavy atom. The fourth-order valence-corrected chi connectivity index (χ4v) is 2.87. The molecule has 0 fully saturated rings. The van der Waals surface area contributed by atoms with Crippen LogP contribution >= 0.6 is 0 Å². The van der Waals surface area contributed by atoms with Crippen molar-refractivity contribution >= 4 is 22.6 Å². The van der Waals surface area contributed by atoms with Gasteiger partial charge in [0.25, 0.3) is 0 Å². The van der Waals surface area contributed by atoms with Gasteiger partial charge >= 0.3 is 0 Å². The van der Waals surface area contributed by atoms with Crippen LogP contribution in [0, 0.1) is 0 Å². The molecule has 5 nitrogen and oxygen atoms in total. The Balaban J connectivity index is 1.86. The Morgan fingerprint density at radius 3 is 2.62 bits per heavy atom. The number of aliphatic hydroxyl groups excluding tert-OH is 1.